The molecule has 19 heavy (non-hydrogen) atoms. The SMILES string of the molecule is COC(=O)c1c(N)nsc1NCc1cn(C)nc1C. The predicted octanol–water partition coefficient (Wildman–Crippen LogP) is 1.17. The number of anilines is 2. The summed E-state index contributed by atoms with van der Waals surface area (Å²) in [6.45, 7) is 2.48. The zero-order valence-corrected chi connectivity index (χ0v) is 11.7. The van der Waals surface area contributed by atoms with Crippen molar-refractivity contribution in [1.29, 1.82) is 0 Å². The lowest BCUT2D eigenvalue weighted by atomic mass is 10.2. The number of hydrogen-bond acceptors (Lipinski definition) is 7. The van der Waals surface area contributed by atoms with E-state index < -0.39 is 5.97 Å². The third-order valence-corrected chi connectivity index (χ3v) is 3.48. The molecule has 0 saturated heterocycles. The van der Waals surface area contributed by atoms with Gasteiger partial charge in [0, 0.05) is 25.4 Å². The summed E-state index contributed by atoms with van der Waals surface area (Å²) < 4.78 is 10.4. The number of esters is 1. The molecule has 2 heterocycles. The molecule has 0 saturated carbocycles. The van der Waals surface area contributed by atoms with Crippen LogP contribution in [0.15, 0.2) is 6.20 Å². The van der Waals surface area contributed by atoms with E-state index in [2.05, 4.69) is 19.5 Å². The molecular formula is C11H15N5O2S. The van der Waals surface area contributed by atoms with E-state index in [0.717, 1.165) is 22.8 Å². The molecule has 2 aromatic heterocycles. The first-order valence-electron chi connectivity index (χ1n) is 5.59. The summed E-state index contributed by atoms with van der Waals surface area (Å²) in [4.78, 5) is 11.6. The van der Waals surface area contributed by atoms with Gasteiger partial charge in [-0.05, 0) is 18.5 Å². The van der Waals surface area contributed by atoms with Gasteiger partial charge in [-0.25, -0.2) is 4.79 Å². The van der Waals surface area contributed by atoms with Gasteiger partial charge in [0.05, 0.1) is 12.8 Å². The molecule has 0 bridgehead atoms. The van der Waals surface area contributed by atoms with Crippen LogP contribution in [0.4, 0.5) is 10.8 Å². The van der Waals surface area contributed by atoms with Gasteiger partial charge >= 0.3 is 5.97 Å². The third kappa shape index (κ3) is 2.68. The van der Waals surface area contributed by atoms with Crippen molar-refractivity contribution in [3.05, 3.63) is 23.0 Å². The standard InChI is InChI=1S/C11H15N5O2S/c1-6-7(5-16(2)14-6)4-13-10-8(11(17)18-3)9(12)15-19-10/h5,13H,4H2,1-3H3,(H2,12,15). The van der Waals surface area contributed by atoms with Crippen LogP contribution in [0.5, 0.6) is 0 Å². The number of carbonyl (C=O) groups is 1. The van der Waals surface area contributed by atoms with Crippen LogP contribution in [0.2, 0.25) is 0 Å². The molecule has 0 aliphatic carbocycles. The second-order valence-corrected chi connectivity index (χ2v) is 4.80. The molecule has 102 valence electrons. The molecule has 7 nitrogen and oxygen atoms in total. The lowest BCUT2D eigenvalue weighted by molar-refractivity contribution is 0.0603. The Morgan fingerprint density at radius 1 is 1.63 bits per heavy atom. The molecule has 0 aromatic carbocycles. The lowest BCUT2D eigenvalue weighted by Crippen LogP contribution is -2.08. The van der Waals surface area contributed by atoms with Crippen LogP contribution in [0.25, 0.3) is 0 Å². The number of ether oxygens (including phenoxy) is 1. The number of rotatable bonds is 4. The van der Waals surface area contributed by atoms with Gasteiger partial charge in [-0.3, -0.25) is 4.68 Å². The number of methoxy groups -OCH3 is 1. The predicted molar refractivity (Wildman–Crippen MR) is 73.1 cm³/mol. The van der Waals surface area contributed by atoms with E-state index in [-0.39, 0.29) is 11.4 Å². The highest BCUT2D eigenvalue weighted by Gasteiger charge is 2.20. The van der Waals surface area contributed by atoms with Crippen molar-refractivity contribution >= 4 is 28.3 Å². The molecule has 0 atom stereocenters. The van der Waals surface area contributed by atoms with E-state index in [1.54, 1.807) is 4.68 Å². The monoisotopic (exact) mass is 281 g/mol. The van der Waals surface area contributed by atoms with Crippen molar-refractivity contribution in [1.82, 2.24) is 14.2 Å². The van der Waals surface area contributed by atoms with Gasteiger partial charge in [-0.2, -0.15) is 9.47 Å². The largest absolute Gasteiger partial charge is 0.465 e. The maximum Gasteiger partial charge on any atom is 0.344 e. The van der Waals surface area contributed by atoms with Gasteiger partial charge in [0.25, 0.3) is 0 Å². The Morgan fingerprint density at radius 2 is 2.37 bits per heavy atom. The van der Waals surface area contributed by atoms with Crippen LogP contribution in [0.1, 0.15) is 21.6 Å². The highest BCUT2D eigenvalue weighted by molar-refractivity contribution is 7.11. The minimum atomic E-state index is -0.489. The first-order valence-corrected chi connectivity index (χ1v) is 6.36. The van der Waals surface area contributed by atoms with Crippen LogP contribution in [-0.4, -0.2) is 27.2 Å². The molecule has 0 amide bonds. The second kappa shape index (κ2) is 5.27. The average molecular weight is 281 g/mol. The summed E-state index contributed by atoms with van der Waals surface area (Å²) in [7, 11) is 3.18. The third-order valence-electron chi connectivity index (χ3n) is 2.66. The van der Waals surface area contributed by atoms with Crippen molar-refractivity contribution in [2.24, 2.45) is 7.05 Å². The Kier molecular flexibility index (Phi) is 3.70. The number of hydrogen-bond donors (Lipinski definition) is 2. The number of aryl methyl sites for hydroxylation is 2. The smallest absolute Gasteiger partial charge is 0.344 e. The summed E-state index contributed by atoms with van der Waals surface area (Å²) in [5, 5.41) is 8.00. The van der Waals surface area contributed by atoms with Gasteiger partial charge in [0.2, 0.25) is 0 Å². The highest BCUT2D eigenvalue weighted by Crippen LogP contribution is 2.28. The molecule has 2 aromatic rings. The summed E-state index contributed by atoms with van der Waals surface area (Å²) in [5.41, 5.74) is 7.93. The van der Waals surface area contributed by atoms with Crippen LogP contribution in [0.3, 0.4) is 0 Å². The van der Waals surface area contributed by atoms with Crippen LogP contribution >= 0.6 is 11.5 Å². The Hall–Kier alpha value is -2.09. The summed E-state index contributed by atoms with van der Waals surface area (Å²) in [6.07, 6.45) is 1.92. The minimum absolute atomic E-state index is 0.183. The van der Waals surface area contributed by atoms with Crippen molar-refractivity contribution in [3.63, 3.8) is 0 Å². The molecule has 3 N–H and O–H groups in total. The van der Waals surface area contributed by atoms with E-state index in [4.69, 9.17) is 5.73 Å². The molecule has 0 spiro atoms. The Morgan fingerprint density at radius 3 is 2.95 bits per heavy atom. The van der Waals surface area contributed by atoms with E-state index in [1.807, 2.05) is 20.2 Å². The Balaban J connectivity index is 2.16. The quantitative estimate of drug-likeness (QED) is 0.817. The zero-order valence-electron chi connectivity index (χ0n) is 10.9. The number of aromatic nitrogens is 3. The Labute approximate surface area is 114 Å². The Bertz CT molecular complexity index is 604. The maximum absolute atomic E-state index is 11.6. The first kappa shape index (κ1) is 13.3. The lowest BCUT2D eigenvalue weighted by Gasteiger charge is -2.05. The van der Waals surface area contributed by atoms with Crippen molar-refractivity contribution in [2.45, 2.75) is 13.5 Å². The van der Waals surface area contributed by atoms with Crippen molar-refractivity contribution < 1.29 is 9.53 Å². The van der Waals surface area contributed by atoms with Crippen molar-refractivity contribution in [2.75, 3.05) is 18.2 Å². The molecule has 0 radical (unpaired) electrons. The van der Waals surface area contributed by atoms with E-state index >= 15 is 0 Å². The average Bonchev–Trinajstić information content (AvgIpc) is 2.89. The summed E-state index contributed by atoms with van der Waals surface area (Å²) in [6, 6.07) is 0. The fourth-order valence-electron chi connectivity index (χ4n) is 1.72. The topological polar surface area (TPSA) is 95.1 Å². The van der Waals surface area contributed by atoms with Crippen molar-refractivity contribution in [3.8, 4) is 0 Å². The molecule has 0 unspecified atom stereocenters. The van der Waals surface area contributed by atoms with Gasteiger partial charge in [0.1, 0.15) is 10.6 Å². The maximum atomic E-state index is 11.6. The van der Waals surface area contributed by atoms with Crippen LogP contribution < -0.4 is 11.1 Å². The highest BCUT2D eigenvalue weighted by atomic mass is 32.1. The number of nitrogens with two attached hydrogens (primary N) is 1. The van der Waals surface area contributed by atoms with E-state index in [1.165, 1.54) is 7.11 Å². The fourth-order valence-corrected chi connectivity index (χ4v) is 2.42. The normalized spacial score (nSPS) is 10.5. The number of nitrogen functional groups attached to an aromatic ring is 1. The number of nitrogens with zero attached hydrogens (tertiary/aromatic N) is 3. The van der Waals surface area contributed by atoms with Gasteiger partial charge < -0.3 is 15.8 Å². The zero-order chi connectivity index (χ0) is 14.0. The molecule has 2 rings (SSSR count). The van der Waals surface area contributed by atoms with E-state index in [9.17, 15) is 4.79 Å². The molecule has 0 fully saturated rings. The van der Waals surface area contributed by atoms with Gasteiger partial charge in [-0.1, -0.05) is 0 Å². The number of carbonyl (C=O) groups excluding carboxylic acids is 1. The molecule has 0 aliphatic heterocycles. The van der Waals surface area contributed by atoms with Crippen LogP contribution in [-0.2, 0) is 18.3 Å². The van der Waals surface area contributed by atoms with Gasteiger partial charge in [0.15, 0.2) is 5.82 Å². The molecule has 0 aliphatic rings. The second-order valence-electron chi connectivity index (χ2n) is 4.03. The number of nitrogens with one attached hydrogen (secondary N) is 1. The van der Waals surface area contributed by atoms with E-state index in [0.29, 0.717) is 11.5 Å². The van der Waals surface area contributed by atoms with Crippen LogP contribution in [0, 0.1) is 6.92 Å². The minimum Gasteiger partial charge on any atom is -0.465 e. The summed E-state index contributed by atoms with van der Waals surface area (Å²) >= 11 is 1.14. The summed E-state index contributed by atoms with van der Waals surface area (Å²) in [5.74, 6) is -0.307. The first-order chi connectivity index (χ1) is 9.02. The molecular weight excluding hydrogens is 266 g/mol. The fraction of sp³-hybridized carbons (Fsp3) is 0.364. The van der Waals surface area contributed by atoms with Gasteiger partial charge in [-0.15, -0.1) is 0 Å². The molecule has 8 heteroatoms.